The number of halogens is 1. The van der Waals surface area contributed by atoms with Gasteiger partial charge in [0.2, 0.25) is 6.54 Å². The summed E-state index contributed by atoms with van der Waals surface area (Å²) in [5, 5.41) is 12.0. The highest BCUT2D eigenvalue weighted by atomic mass is 35.5. The van der Waals surface area contributed by atoms with Gasteiger partial charge in [0, 0.05) is 34.1 Å². The van der Waals surface area contributed by atoms with Crippen molar-refractivity contribution in [1.82, 2.24) is 4.98 Å². The maximum atomic E-state index is 12.2. The van der Waals surface area contributed by atoms with Crippen molar-refractivity contribution in [3.8, 4) is 0 Å². The Morgan fingerprint density at radius 2 is 2.15 bits per heavy atom. The highest BCUT2D eigenvalue weighted by Gasteiger charge is 2.44. The maximum Gasteiger partial charge on any atom is 0.306 e. The van der Waals surface area contributed by atoms with Crippen LogP contribution in [-0.4, -0.2) is 28.2 Å². The first-order valence-electron chi connectivity index (χ1n) is 8.69. The normalized spacial score (nSPS) is 22.1. The van der Waals surface area contributed by atoms with Crippen molar-refractivity contribution in [1.29, 1.82) is 0 Å². The SMILES string of the molecule is C[C@H]1CC(=O)[C@H](CC(=O)OCc2cc3ccccc3nc2Cl)[C@@H]1C[N+](=O)[O-]. The number of ketones is 1. The largest absolute Gasteiger partial charge is 0.461 e. The number of Topliss-reactive ketones (excluding diaryl/α,β-unsaturated/α-hetero) is 1. The molecule has 1 aromatic carbocycles. The van der Waals surface area contributed by atoms with E-state index in [0.29, 0.717) is 5.56 Å². The molecule has 142 valence electrons. The molecule has 0 amide bonds. The van der Waals surface area contributed by atoms with Gasteiger partial charge in [-0.3, -0.25) is 19.7 Å². The summed E-state index contributed by atoms with van der Waals surface area (Å²) in [6.07, 6.45) is 0.108. The van der Waals surface area contributed by atoms with Gasteiger partial charge in [0.25, 0.3) is 0 Å². The van der Waals surface area contributed by atoms with Crippen LogP contribution in [0.15, 0.2) is 30.3 Å². The van der Waals surface area contributed by atoms with Gasteiger partial charge in [-0.2, -0.15) is 0 Å². The van der Waals surface area contributed by atoms with Crippen LogP contribution in [0.25, 0.3) is 10.9 Å². The summed E-state index contributed by atoms with van der Waals surface area (Å²) in [6.45, 7) is 1.43. The third kappa shape index (κ3) is 4.42. The molecule has 0 N–H and O–H groups in total. The van der Waals surface area contributed by atoms with E-state index in [2.05, 4.69) is 4.98 Å². The minimum atomic E-state index is -0.664. The number of nitro groups is 1. The molecule has 1 aliphatic carbocycles. The van der Waals surface area contributed by atoms with Crippen LogP contribution in [0.5, 0.6) is 0 Å². The number of nitrogens with zero attached hydrogens (tertiary/aromatic N) is 2. The van der Waals surface area contributed by atoms with Gasteiger partial charge < -0.3 is 4.74 Å². The average molecular weight is 391 g/mol. The zero-order chi connectivity index (χ0) is 19.6. The Hall–Kier alpha value is -2.54. The van der Waals surface area contributed by atoms with Crippen molar-refractivity contribution in [2.24, 2.45) is 17.8 Å². The highest BCUT2D eigenvalue weighted by molar-refractivity contribution is 6.30. The summed E-state index contributed by atoms with van der Waals surface area (Å²) in [4.78, 5) is 39.0. The predicted molar refractivity (Wildman–Crippen MR) is 98.8 cm³/mol. The fourth-order valence-corrected chi connectivity index (χ4v) is 3.83. The van der Waals surface area contributed by atoms with E-state index in [-0.39, 0.29) is 42.8 Å². The molecule has 8 heteroatoms. The number of benzene rings is 1. The van der Waals surface area contributed by atoms with Gasteiger partial charge in [0.15, 0.2) is 0 Å². The molecule has 1 heterocycles. The van der Waals surface area contributed by atoms with E-state index in [1.807, 2.05) is 24.3 Å². The molecule has 0 aliphatic heterocycles. The zero-order valence-electron chi connectivity index (χ0n) is 14.8. The number of pyridine rings is 1. The van der Waals surface area contributed by atoms with Crippen LogP contribution in [0.1, 0.15) is 25.3 Å². The lowest BCUT2D eigenvalue weighted by Gasteiger charge is -2.17. The van der Waals surface area contributed by atoms with E-state index in [0.717, 1.165) is 10.9 Å². The van der Waals surface area contributed by atoms with Crippen molar-refractivity contribution in [2.45, 2.75) is 26.4 Å². The first kappa shape index (κ1) is 19.2. The Bertz CT molecular complexity index is 901. The number of esters is 1. The fourth-order valence-electron chi connectivity index (χ4n) is 3.63. The number of para-hydroxylation sites is 1. The van der Waals surface area contributed by atoms with Gasteiger partial charge in [-0.15, -0.1) is 0 Å². The molecular weight excluding hydrogens is 372 g/mol. The number of rotatable bonds is 6. The van der Waals surface area contributed by atoms with Crippen molar-refractivity contribution in [3.63, 3.8) is 0 Å². The summed E-state index contributed by atoms with van der Waals surface area (Å²) < 4.78 is 5.27. The van der Waals surface area contributed by atoms with Crippen LogP contribution < -0.4 is 0 Å². The maximum absolute atomic E-state index is 12.2. The number of aromatic nitrogens is 1. The molecule has 1 saturated carbocycles. The first-order chi connectivity index (χ1) is 12.8. The van der Waals surface area contributed by atoms with Crippen LogP contribution in [0.2, 0.25) is 5.15 Å². The third-order valence-electron chi connectivity index (χ3n) is 5.07. The topological polar surface area (TPSA) is 99.4 Å². The van der Waals surface area contributed by atoms with Crippen molar-refractivity contribution in [3.05, 3.63) is 51.2 Å². The van der Waals surface area contributed by atoms with E-state index in [1.165, 1.54) is 0 Å². The van der Waals surface area contributed by atoms with Gasteiger partial charge in [-0.1, -0.05) is 36.7 Å². The summed E-state index contributed by atoms with van der Waals surface area (Å²) in [6, 6.07) is 9.24. The van der Waals surface area contributed by atoms with Gasteiger partial charge in [0.05, 0.1) is 11.9 Å². The van der Waals surface area contributed by atoms with Crippen molar-refractivity contribution in [2.75, 3.05) is 6.54 Å². The Morgan fingerprint density at radius 3 is 2.89 bits per heavy atom. The minimum absolute atomic E-state index is 0.0636. The Kier molecular flexibility index (Phi) is 5.70. The van der Waals surface area contributed by atoms with E-state index in [4.69, 9.17) is 16.3 Å². The van der Waals surface area contributed by atoms with E-state index >= 15 is 0 Å². The molecule has 0 radical (unpaired) electrons. The fraction of sp³-hybridized carbons (Fsp3) is 0.421. The lowest BCUT2D eigenvalue weighted by Crippen LogP contribution is -2.27. The second kappa shape index (κ2) is 8.00. The number of fused-ring (bicyclic) bond motifs is 1. The Balaban J connectivity index is 1.65. The molecule has 3 rings (SSSR count). The quantitative estimate of drug-likeness (QED) is 0.324. The monoisotopic (exact) mass is 390 g/mol. The van der Waals surface area contributed by atoms with Crippen LogP contribution >= 0.6 is 11.6 Å². The molecule has 1 aromatic heterocycles. The van der Waals surface area contributed by atoms with Crippen molar-refractivity contribution >= 4 is 34.3 Å². The Morgan fingerprint density at radius 1 is 1.41 bits per heavy atom. The third-order valence-corrected chi connectivity index (χ3v) is 5.40. The summed E-state index contributed by atoms with van der Waals surface area (Å²) in [5.41, 5.74) is 1.31. The number of carbonyl (C=O) groups excluding carboxylic acids is 2. The highest BCUT2D eigenvalue weighted by Crippen LogP contribution is 2.36. The second-order valence-corrected chi connectivity index (χ2v) is 7.29. The van der Waals surface area contributed by atoms with E-state index in [9.17, 15) is 19.7 Å². The molecule has 27 heavy (non-hydrogen) atoms. The average Bonchev–Trinajstić information content (AvgIpc) is 2.86. The molecule has 1 fully saturated rings. The summed E-state index contributed by atoms with van der Waals surface area (Å²) >= 11 is 6.15. The van der Waals surface area contributed by atoms with Crippen LogP contribution in [0.3, 0.4) is 0 Å². The van der Waals surface area contributed by atoms with Gasteiger partial charge in [0.1, 0.15) is 17.5 Å². The summed E-state index contributed by atoms with van der Waals surface area (Å²) in [7, 11) is 0. The van der Waals surface area contributed by atoms with Crippen LogP contribution in [0.4, 0.5) is 0 Å². The molecule has 2 aromatic rings. The lowest BCUT2D eigenvalue weighted by molar-refractivity contribution is -0.490. The molecule has 0 spiro atoms. The number of carbonyl (C=O) groups is 2. The van der Waals surface area contributed by atoms with Crippen molar-refractivity contribution < 1.29 is 19.2 Å². The number of hydrogen-bond donors (Lipinski definition) is 0. The van der Waals surface area contributed by atoms with Gasteiger partial charge in [-0.05, 0) is 18.1 Å². The molecule has 0 saturated heterocycles. The van der Waals surface area contributed by atoms with E-state index < -0.39 is 22.7 Å². The molecule has 7 nitrogen and oxygen atoms in total. The van der Waals surface area contributed by atoms with Gasteiger partial charge in [-0.25, -0.2) is 4.98 Å². The van der Waals surface area contributed by atoms with E-state index in [1.54, 1.807) is 13.0 Å². The number of ether oxygens (including phenoxy) is 1. The first-order valence-corrected chi connectivity index (χ1v) is 9.07. The molecular formula is C19H19ClN2O5. The van der Waals surface area contributed by atoms with Gasteiger partial charge >= 0.3 is 5.97 Å². The number of hydrogen-bond acceptors (Lipinski definition) is 6. The molecule has 0 bridgehead atoms. The standard InChI is InChI=1S/C19H19ClN2O5/c1-11-6-17(23)14(15(11)9-22(25)26)8-18(24)27-10-13-7-12-4-2-3-5-16(12)21-19(13)20/h2-5,7,11,14-15H,6,8-10H2,1H3/t11-,14+,15+/m0/s1. The zero-order valence-corrected chi connectivity index (χ0v) is 15.5. The Labute approximate surface area is 160 Å². The lowest BCUT2D eigenvalue weighted by atomic mass is 9.88. The molecule has 1 aliphatic rings. The summed E-state index contributed by atoms with van der Waals surface area (Å²) in [5.74, 6) is -1.90. The second-order valence-electron chi connectivity index (χ2n) is 6.93. The smallest absolute Gasteiger partial charge is 0.306 e. The van der Waals surface area contributed by atoms with Crippen LogP contribution in [0, 0.1) is 27.9 Å². The van der Waals surface area contributed by atoms with Crippen LogP contribution in [-0.2, 0) is 20.9 Å². The minimum Gasteiger partial charge on any atom is -0.461 e. The molecule has 0 unspecified atom stereocenters. The predicted octanol–water partition coefficient (Wildman–Crippen LogP) is 3.44. The molecule has 3 atom stereocenters.